The van der Waals surface area contributed by atoms with Crippen LogP contribution in [0.25, 0.3) is 0 Å². The molecular weight excluding hydrogens is 232 g/mol. The third kappa shape index (κ3) is 9.31. The van der Waals surface area contributed by atoms with E-state index in [2.05, 4.69) is 0 Å². The van der Waals surface area contributed by atoms with Gasteiger partial charge in [0, 0.05) is 12.8 Å². The number of carbonyl (C=O) groups is 2. The van der Waals surface area contributed by atoms with Gasteiger partial charge in [-0.1, -0.05) is 0 Å². The number of ether oxygens (including phenoxy) is 2. The van der Waals surface area contributed by atoms with Crippen LogP contribution >= 0.6 is 0 Å². The topological polar surface area (TPSA) is 52.6 Å². The Labute approximate surface area is 110 Å². The molecule has 0 aromatic heterocycles. The van der Waals surface area contributed by atoms with Gasteiger partial charge in [-0.25, -0.2) is 0 Å². The molecule has 106 valence electrons. The first-order chi connectivity index (χ1) is 8.33. The zero-order valence-corrected chi connectivity index (χ0v) is 12.0. The lowest BCUT2D eigenvalue weighted by Crippen LogP contribution is -2.31. The summed E-state index contributed by atoms with van der Waals surface area (Å²) < 4.78 is 11.4. The Bertz CT molecular complexity index is 246. The fourth-order valence-corrected chi connectivity index (χ4v) is 1.51. The fraction of sp³-hybridized carbons (Fsp3) is 0.857. The van der Waals surface area contributed by atoms with Crippen LogP contribution in [0.15, 0.2) is 0 Å². The van der Waals surface area contributed by atoms with Crippen LogP contribution in [0.2, 0.25) is 0 Å². The maximum Gasteiger partial charge on any atom is 0.122 e. The molecule has 0 fully saturated rings. The average Bonchev–Trinajstić information content (AvgIpc) is 2.26. The molecule has 0 aliphatic rings. The summed E-state index contributed by atoms with van der Waals surface area (Å²) in [5.41, 5.74) is -0.566. The molecule has 0 aliphatic heterocycles. The van der Waals surface area contributed by atoms with Crippen LogP contribution in [0, 0.1) is 0 Å². The minimum Gasteiger partial charge on any atom is -0.375 e. The highest BCUT2D eigenvalue weighted by Crippen LogP contribution is 2.20. The number of hydrogen-bond donors (Lipinski definition) is 0. The lowest BCUT2D eigenvalue weighted by atomic mass is 10.0. The fourth-order valence-electron chi connectivity index (χ4n) is 1.51. The Balaban J connectivity index is 3.86. The van der Waals surface area contributed by atoms with Gasteiger partial charge in [-0.05, 0) is 40.5 Å². The summed E-state index contributed by atoms with van der Waals surface area (Å²) in [5.74, 6) is 0. The molecule has 18 heavy (non-hydrogen) atoms. The van der Waals surface area contributed by atoms with Crippen LogP contribution in [0.5, 0.6) is 0 Å². The van der Waals surface area contributed by atoms with Crippen molar-refractivity contribution in [1.29, 1.82) is 0 Å². The first-order valence-corrected chi connectivity index (χ1v) is 6.48. The summed E-state index contributed by atoms with van der Waals surface area (Å²) in [6.07, 6.45) is 4.20. The average molecular weight is 258 g/mol. The Morgan fingerprint density at radius 2 is 1.28 bits per heavy atom. The third-order valence-corrected chi connectivity index (χ3v) is 2.79. The first-order valence-electron chi connectivity index (χ1n) is 6.48. The van der Waals surface area contributed by atoms with E-state index in [4.69, 9.17) is 9.47 Å². The normalized spacial score (nSPS) is 12.4. The van der Waals surface area contributed by atoms with Gasteiger partial charge in [0.25, 0.3) is 0 Å². The second-order valence-corrected chi connectivity index (χ2v) is 5.63. The maximum atomic E-state index is 10.3. The van der Waals surface area contributed by atoms with Crippen molar-refractivity contribution < 1.29 is 19.1 Å². The monoisotopic (exact) mass is 258 g/mol. The zero-order valence-electron chi connectivity index (χ0n) is 12.0. The van der Waals surface area contributed by atoms with E-state index < -0.39 is 0 Å². The highest BCUT2D eigenvalue weighted by molar-refractivity contribution is 5.49. The maximum absolute atomic E-state index is 10.3. The summed E-state index contributed by atoms with van der Waals surface area (Å²) in [7, 11) is 0. The Morgan fingerprint density at radius 1 is 0.778 bits per heavy atom. The second-order valence-electron chi connectivity index (χ2n) is 5.63. The van der Waals surface area contributed by atoms with E-state index in [9.17, 15) is 9.59 Å². The van der Waals surface area contributed by atoms with Crippen LogP contribution in [-0.2, 0) is 19.1 Å². The van der Waals surface area contributed by atoms with Crippen molar-refractivity contribution in [3.63, 3.8) is 0 Å². The van der Waals surface area contributed by atoms with E-state index in [1.807, 2.05) is 27.7 Å². The van der Waals surface area contributed by atoms with Gasteiger partial charge in [0.05, 0.1) is 24.4 Å². The van der Waals surface area contributed by atoms with Crippen molar-refractivity contribution in [3.05, 3.63) is 0 Å². The van der Waals surface area contributed by atoms with Crippen LogP contribution in [-0.4, -0.2) is 37.0 Å². The van der Waals surface area contributed by atoms with Crippen molar-refractivity contribution in [3.8, 4) is 0 Å². The van der Waals surface area contributed by atoms with Crippen molar-refractivity contribution >= 4 is 12.6 Å². The van der Waals surface area contributed by atoms with E-state index in [-0.39, 0.29) is 11.2 Å². The number of rotatable bonds is 11. The first kappa shape index (κ1) is 17.3. The summed E-state index contributed by atoms with van der Waals surface area (Å²) in [6.45, 7) is 8.97. The van der Waals surface area contributed by atoms with Crippen molar-refractivity contribution in [1.82, 2.24) is 0 Å². The molecule has 4 heteroatoms. The summed E-state index contributed by atoms with van der Waals surface area (Å²) in [6, 6.07) is 0. The molecule has 0 saturated heterocycles. The molecule has 0 rings (SSSR count). The van der Waals surface area contributed by atoms with Crippen molar-refractivity contribution in [2.24, 2.45) is 0 Å². The van der Waals surface area contributed by atoms with Crippen LogP contribution < -0.4 is 0 Å². The predicted octanol–water partition coefficient (Wildman–Crippen LogP) is 2.54. The molecule has 0 radical (unpaired) electrons. The van der Waals surface area contributed by atoms with Gasteiger partial charge < -0.3 is 19.1 Å². The standard InChI is InChI=1S/C14H26O4/c1-13(2,7-5-9-15)18-12-8-14(3,4)17-11-6-10-16/h9-10H,5-8,11-12H2,1-4H3. The molecule has 0 aromatic rings. The summed E-state index contributed by atoms with van der Waals surface area (Å²) in [4.78, 5) is 20.5. The number of carbonyl (C=O) groups excluding carboxylic acids is 2. The van der Waals surface area contributed by atoms with Gasteiger partial charge in [-0.15, -0.1) is 0 Å². The molecule has 0 spiro atoms. The van der Waals surface area contributed by atoms with Crippen LogP contribution in [0.1, 0.15) is 53.4 Å². The van der Waals surface area contributed by atoms with E-state index in [0.717, 1.165) is 25.4 Å². The molecule has 0 bridgehead atoms. The molecule has 4 nitrogen and oxygen atoms in total. The molecule has 0 N–H and O–H groups in total. The van der Waals surface area contributed by atoms with Crippen LogP contribution in [0.4, 0.5) is 0 Å². The Morgan fingerprint density at radius 3 is 1.83 bits per heavy atom. The highest BCUT2D eigenvalue weighted by atomic mass is 16.5. The van der Waals surface area contributed by atoms with E-state index in [1.165, 1.54) is 0 Å². The number of hydrogen-bond acceptors (Lipinski definition) is 4. The zero-order chi connectivity index (χ0) is 14.1. The Kier molecular flexibility index (Phi) is 8.03. The van der Waals surface area contributed by atoms with E-state index in [0.29, 0.717) is 26.1 Å². The molecule has 0 aliphatic carbocycles. The summed E-state index contributed by atoms with van der Waals surface area (Å²) >= 11 is 0. The lowest BCUT2D eigenvalue weighted by Gasteiger charge is -2.29. The summed E-state index contributed by atoms with van der Waals surface area (Å²) in [5, 5.41) is 0. The SMILES string of the molecule is CC(C)(CCC=O)OCCC(C)(C)OCCC=O. The highest BCUT2D eigenvalue weighted by Gasteiger charge is 2.22. The Hall–Kier alpha value is -0.740. The van der Waals surface area contributed by atoms with Gasteiger partial charge in [0.1, 0.15) is 12.6 Å². The molecule has 0 heterocycles. The molecule has 0 atom stereocenters. The van der Waals surface area contributed by atoms with Gasteiger partial charge >= 0.3 is 0 Å². The van der Waals surface area contributed by atoms with Gasteiger partial charge in [0.15, 0.2) is 0 Å². The minimum atomic E-state index is -0.288. The van der Waals surface area contributed by atoms with Crippen molar-refractivity contribution in [2.45, 2.75) is 64.6 Å². The largest absolute Gasteiger partial charge is 0.375 e. The van der Waals surface area contributed by atoms with Gasteiger partial charge in [-0.2, -0.15) is 0 Å². The molecule has 0 aromatic carbocycles. The van der Waals surface area contributed by atoms with E-state index in [1.54, 1.807) is 0 Å². The third-order valence-electron chi connectivity index (χ3n) is 2.79. The molecular formula is C14H26O4. The molecule has 0 unspecified atom stereocenters. The van der Waals surface area contributed by atoms with Gasteiger partial charge in [0.2, 0.25) is 0 Å². The predicted molar refractivity (Wildman–Crippen MR) is 70.7 cm³/mol. The molecule has 0 amide bonds. The molecule has 0 saturated carbocycles. The second kappa shape index (κ2) is 8.38. The smallest absolute Gasteiger partial charge is 0.122 e. The minimum absolute atomic E-state index is 0.278. The quantitative estimate of drug-likeness (QED) is 0.422. The number of aldehydes is 2. The lowest BCUT2D eigenvalue weighted by molar-refractivity contribution is -0.113. The van der Waals surface area contributed by atoms with E-state index >= 15 is 0 Å². The van der Waals surface area contributed by atoms with Gasteiger partial charge in [-0.3, -0.25) is 0 Å². The van der Waals surface area contributed by atoms with Crippen LogP contribution in [0.3, 0.4) is 0 Å². The van der Waals surface area contributed by atoms with Crippen molar-refractivity contribution in [2.75, 3.05) is 13.2 Å².